The SMILES string of the molecule is CN(C)c1ccc2c(c1)S(C)(C)c1cc(N(C)C)ccc1C2=CCC(=O)O. The van der Waals surface area contributed by atoms with Crippen molar-refractivity contribution in [3.05, 3.63) is 53.6 Å². The third-order valence-corrected chi connectivity index (χ3v) is 8.00. The van der Waals surface area contributed by atoms with Crippen LogP contribution in [0.5, 0.6) is 0 Å². The number of fused-ring (bicyclic) bond motifs is 2. The lowest BCUT2D eigenvalue weighted by atomic mass is 9.95. The minimum Gasteiger partial charge on any atom is -0.481 e. The van der Waals surface area contributed by atoms with Crippen LogP contribution >= 0.6 is 10.0 Å². The van der Waals surface area contributed by atoms with E-state index < -0.39 is 16.0 Å². The number of nitrogens with zero attached hydrogens (tertiary/aromatic N) is 2. The molecule has 0 fully saturated rings. The number of hydrogen-bond donors (Lipinski definition) is 1. The van der Waals surface area contributed by atoms with Crippen LogP contribution < -0.4 is 9.80 Å². The Labute approximate surface area is 163 Å². The quantitative estimate of drug-likeness (QED) is 0.842. The van der Waals surface area contributed by atoms with E-state index in [0.717, 1.165) is 16.7 Å². The fraction of sp³-hybridized carbons (Fsp3) is 0.318. The molecule has 0 bridgehead atoms. The maximum atomic E-state index is 11.2. The Balaban J connectivity index is 2.30. The molecule has 1 aliphatic heterocycles. The Hall–Kier alpha value is -2.40. The highest BCUT2D eigenvalue weighted by atomic mass is 32.3. The van der Waals surface area contributed by atoms with E-state index in [1.165, 1.54) is 21.2 Å². The molecule has 0 spiro atoms. The van der Waals surface area contributed by atoms with E-state index in [1.807, 2.05) is 34.3 Å². The first kappa shape index (κ1) is 19.4. The van der Waals surface area contributed by atoms with E-state index in [9.17, 15) is 9.90 Å². The van der Waals surface area contributed by atoms with Gasteiger partial charge in [-0.15, -0.1) is 0 Å². The van der Waals surface area contributed by atoms with Gasteiger partial charge in [-0.2, -0.15) is 10.0 Å². The molecule has 0 radical (unpaired) electrons. The summed E-state index contributed by atoms with van der Waals surface area (Å²) in [5.74, 6) is -0.808. The topological polar surface area (TPSA) is 43.8 Å². The first-order valence-electron chi connectivity index (χ1n) is 8.92. The number of anilines is 2. The van der Waals surface area contributed by atoms with Gasteiger partial charge in [-0.3, -0.25) is 4.79 Å². The number of carbonyl (C=O) groups is 1. The van der Waals surface area contributed by atoms with Crippen molar-refractivity contribution in [2.45, 2.75) is 16.2 Å². The molecule has 1 N–H and O–H groups in total. The fourth-order valence-corrected chi connectivity index (χ4v) is 6.06. The van der Waals surface area contributed by atoms with Gasteiger partial charge in [0.2, 0.25) is 0 Å². The molecule has 1 heterocycles. The largest absolute Gasteiger partial charge is 0.481 e. The Morgan fingerprint density at radius 1 is 0.926 bits per heavy atom. The zero-order chi connectivity index (χ0) is 19.9. The van der Waals surface area contributed by atoms with E-state index >= 15 is 0 Å². The summed E-state index contributed by atoms with van der Waals surface area (Å²) in [6.07, 6.45) is 6.54. The first-order chi connectivity index (χ1) is 12.6. The number of carboxylic acid groups (broad SMARTS) is 1. The van der Waals surface area contributed by atoms with Crippen LogP contribution in [0, 0.1) is 0 Å². The molecule has 0 unspecified atom stereocenters. The van der Waals surface area contributed by atoms with Crippen LogP contribution in [0.3, 0.4) is 0 Å². The van der Waals surface area contributed by atoms with E-state index in [4.69, 9.17) is 0 Å². The van der Waals surface area contributed by atoms with Crippen LogP contribution in [0.2, 0.25) is 0 Å². The highest BCUT2D eigenvalue weighted by molar-refractivity contribution is 8.32. The second-order valence-corrected chi connectivity index (χ2v) is 11.2. The molecule has 0 aliphatic carbocycles. The van der Waals surface area contributed by atoms with Crippen LogP contribution in [0.15, 0.2) is 52.3 Å². The van der Waals surface area contributed by atoms with Gasteiger partial charge in [-0.25, -0.2) is 0 Å². The molecule has 0 amide bonds. The van der Waals surface area contributed by atoms with E-state index in [1.54, 1.807) is 0 Å². The molecule has 2 aromatic carbocycles. The lowest BCUT2D eigenvalue weighted by molar-refractivity contribution is -0.135. The van der Waals surface area contributed by atoms with Gasteiger partial charge in [-0.1, -0.05) is 18.2 Å². The zero-order valence-corrected chi connectivity index (χ0v) is 17.7. The van der Waals surface area contributed by atoms with Crippen LogP contribution in [0.1, 0.15) is 17.5 Å². The van der Waals surface area contributed by atoms with Crippen molar-refractivity contribution in [3.63, 3.8) is 0 Å². The molecule has 1 aliphatic rings. The van der Waals surface area contributed by atoms with Gasteiger partial charge in [0, 0.05) is 49.4 Å². The Morgan fingerprint density at radius 3 is 1.74 bits per heavy atom. The molecule has 5 heteroatoms. The maximum absolute atomic E-state index is 11.2. The number of carboxylic acids is 1. The smallest absolute Gasteiger partial charge is 0.307 e. The van der Waals surface area contributed by atoms with Crippen molar-refractivity contribution < 1.29 is 9.90 Å². The third-order valence-electron chi connectivity index (χ3n) is 5.12. The summed E-state index contributed by atoms with van der Waals surface area (Å²) in [4.78, 5) is 18.1. The second-order valence-electron chi connectivity index (χ2n) is 7.69. The van der Waals surface area contributed by atoms with Crippen LogP contribution in [0.25, 0.3) is 5.57 Å². The van der Waals surface area contributed by atoms with Crippen LogP contribution in [-0.4, -0.2) is 51.8 Å². The molecular weight excluding hydrogens is 356 g/mol. The summed E-state index contributed by atoms with van der Waals surface area (Å²) in [5.41, 5.74) is 5.68. The summed E-state index contributed by atoms with van der Waals surface area (Å²) < 4.78 is 0. The van der Waals surface area contributed by atoms with Crippen LogP contribution in [-0.2, 0) is 4.79 Å². The summed E-state index contributed by atoms with van der Waals surface area (Å²) in [5, 5.41) is 9.22. The van der Waals surface area contributed by atoms with Gasteiger partial charge >= 0.3 is 5.97 Å². The van der Waals surface area contributed by atoms with Crippen molar-refractivity contribution in [1.29, 1.82) is 0 Å². The van der Waals surface area contributed by atoms with Gasteiger partial charge in [-0.05, 0) is 53.5 Å². The van der Waals surface area contributed by atoms with Gasteiger partial charge < -0.3 is 14.9 Å². The lowest BCUT2D eigenvalue weighted by Crippen LogP contribution is -2.15. The average molecular weight is 385 g/mol. The van der Waals surface area contributed by atoms with E-state index in [2.05, 4.69) is 58.7 Å². The number of rotatable bonds is 4. The summed E-state index contributed by atoms with van der Waals surface area (Å²) in [6, 6.07) is 13.1. The predicted molar refractivity (Wildman–Crippen MR) is 117 cm³/mol. The Bertz CT molecular complexity index is 866. The lowest BCUT2D eigenvalue weighted by Gasteiger charge is -2.42. The first-order valence-corrected chi connectivity index (χ1v) is 11.4. The standard InChI is InChI=1S/C22H28N2O2S/c1-23(2)15-7-9-18-17(11-12-22(25)26)19-10-8-16(24(3)4)14-21(19)27(5,6)20(18)13-15/h7-11,13-14H,12H2,1-6H3,(H,25,26). The minimum absolute atomic E-state index is 0.0227. The zero-order valence-electron chi connectivity index (χ0n) is 16.9. The molecular formula is C22H28N2O2S. The highest BCUT2D eigenvalue weighted by Gasteiger charge is 2.32. The second kappa shape index (κ2) is 6.97. The summed E-state index contributed by atoms with van der Waals surface area (Å²) >= 11 is 0. The summed E-state index contributed by atoms with van der Waals surface area (Å²) in [7, 11) is 6.96. The Kier molecular flexibility index (Phi) is 5.00. The normalized spacial score (nSPS) is 15.4. The monoisotopic (exact) mass is 384 g/mol. The van der Waals surface area contributed by atoms with E-state index in [-0.39, 0.29) is 6.42 Å². The molecule has 0 saturated heterocycles. The molecule has 0 saturated carbocycles. The predicted octanol–water partition coefficient (Wildman–Crippen LogP) is 4.52. The minimum atomic E-state index is -1.23. The molecule has 4 nitrogen and oxygen atoms in total. The van der Waals surface area contributed by atoms with Crippen molar-refractivity contribution in [1.82, 2.24) is 0 Å². The van der Waals surface area contributed by atoms with Gasteiger partial charge in [0.25, 0.3) is 0 Å². The maximum Gasteiger partial charge on any atom is 0.307 e. The van der Waals surface area contributed by atoms with Gasteiger partial charge in [0.05, 0.1) is 6.42 Å². The molecule has 144 valence electrons. The summed E-state index contributed by atoms with van der Waals surface area (Å²) in [6.45, 7) is 0. The Morgan fingerprint density at radius 2 is 1.37 bits per heavy atom. The van der Waals surface area contributed by atoms with Crippen molar-refractivity contribution >= 4 is 32.9 Å². The molecule has 2 aromatic rings. The van der Waals surface area contributed by atoms with Gasteiger partial charge in [0.1, 0.15) is 0 Å². The number of benzene rings is 2. The van der Waals surface area contributed by atoms with Gasteiger partial charge in [0.15, 0.2) is 0 Å². The number of hydrogen-bond acceptors (Lipinski definition) is 3. The van der Waals surface area contributed by atoms with E-state index in [0.29, 0.717) is 0 Å². The number of aliphatic carboxylic acids is 1. The molecule has 0 atom stereocenters. The fourth-order valence-electron chi connectivity index (χ4n) is 3.54. The van der Waals surface area contributed by atoms with Crippen molar-refractivity contribution in [2.75, 3.05) is 50.5 Å². The average Bonchev–Trinajstić information content (AvgIpc) is 2.60. The highest BCUT2D eigenvalue weighted by Crippen LogP contribution is 2.65. The van der Waals surface area contributed by atoms with Crippen LogP contribution in [0.4, 0.5) is 11.4 Å². The molecule has 3 rings (SSSR count). The molecule has 27 heavy (non-hydrogen) atoms. The molecule has 0 aromatic heterocycles. The third kappa shape index (κ3) is 3.44. The van der Waals surface area contributed by atoms with Crippen molar-refractivity contribution in [3.8, 4) is 0 Å². The van der Waals surface area contributed by atoms with Crippen molar-refractivity contribution in [2.24, 2.45) is 0 Å².